The maximum Gasteiger partial charge on any atom is 0.416 e. The van der Waals surface area contributed by atoms with Crippen molar-refractivity contribution in [3.63, 3.8) is 0 Å². The second-order valence-corrected chi connectivity index (χ2v) is 7.87. The molecule has 2 aromatic carbocycles. The van der Waals surface area contributed by atoms with Crippen molar-refractivity contribution in [2.75, 3.05) is 17.1 Å². The molecule has 0 aliphatic heterocycles. The number of carbonyl (C=O) groups is 1. The predicted molar refractivity (Wildman–Crippen MR) is 104 cm³/mol. The number of sulfonamides is 1. The molecule has 0 saturated carbocycles. The second-order valence-electron chi connectivity index (χ2n) is 6.22. The van der Waals surface area contributed by atoms with Gasteiger partial charge in [0.05, 0.1) is 24.0 Å². The molecule has 3 rings (SSSR count). The topological polar surface area (TPSA) is 115 Å². The first-order valence-electron chi connectivity index (χ1n) is 8.56. The van der Waals surface area contributed by atoms with E-state index in [1.165, 1.54) is 32.5 Å². The van der Waals surface area contributed by atoms with Crippen molar-refractivity contribution in [3.8, 4) is 11.4 Å². The van der Waals surface area contributed by atoms with E-state index in [2.05, 4.69) is 20.1 Å². The summed E-state index contributed by atoms with van der Waals surface area (Å²) in [6, 6.07) is 6.38. The summed E-state index contributed by atoms with van der Waals surface area (Å²) in [4.78, 5) is 14.6. The Morgan fingerprint density at radius 2 is 1.90 bits per heavy atom. The highest BCUT2D eigenvalue weighted by atomic mass is 32.2. The van der Waals surface area contributed by atoms with Crippen molar-refractivity contribution < 1.29 is 31.1 Å². The lowest BCUT2D eigenvalue weighted by atomic mass is 10.1. The standard InChI is InChI=1S/C18H16F3N5O4S/c1-11(27)24-13-4-6-16(30-2)17(8-13)31(28,29)25-14-7-12(18(19,20)21)3-5-15(14)26-10-22-9-23-26/h3-10,25H,1-2H3,(H,24,27). The number of nitrogens with one attached hydrogen (secondary N) is 2. The average molecular weight is 455 g/mol. The van der Waals surface area contributed by atoms with Crippen molar-refractivity contribution in [1.82, 2.24) is 14.8 Å². The first-order valence-corrected chi connectivity index (χ1v) is 10.0. The van der Waals surface area contributed by atoms with E-state index in [-0.39, 0.29) is 27.7 Å². The van der Waals surface area contributed by atoms with Gasteiger partial charge in [-0.2, -0.15) is 18.3 Å². The van der Waals surface area contributed by atoms with Crippen LogP contribution in [0.4, 0.5) is 24.5 Å². The number of ether oxygens (including phenoxy) is 1. The Labute approximate surface area is 174 Å². The van der Waals surface area contributed by atoms with Gasteiger partial charge in [-0.05, 0) is 36.4 Å². The molecular formula is C18H16F3N5O4S. The molecule has 164 valence electrons. The number of benzene rings is 2. The van der Waals surface area contributed by atoms with Crippen LogP contribution in [-0.2, 0) is 21.0 Å². The molecular weight excluding hydrogens is 439 g/mol. The Morgan fingerprint density at radius 3 is 2.48 bits per heavy atom. The van der Waals surface area contributed by atoms with Gasteiger partial charge in [-0.1, -0.05) is 0 Å². The quantitative estimate of drug-likeness (QED) is 0.590. The summed E-state index contributed by atoms with van der Waals surface area (Å²) < 4.78 is 74.1. The highest BCUT2D eigenvalue weighted by Crippen LogP contribution is 2.35. The van der Waals surface area contributed by atoms with Crippen molar-refractivity contribution in [2.24, 2.45) is 0 Å². The van der Waals surface area contributed by atoms with E-state index < -0.39 is 27.7 Å². The zero-order valence-corrected chi connectivity index (χ0v) is 17.0. The second kappa shape index (κ2) is 8.26. The molecule has 0 fully saturated rings. The first kappa shape index (κ1) is 22.1. The fourth-order valence-electron chi connectivity index (χ4n) is 2.69. The zero-order chi connectivity index (χ0) is 22.8. The lowest BCUT2D eigenvalue weighted by Gasteiger charge is -2.17. The van der Waals surface area contributed by atoms with E-state index in [0.29, 0.717) is 6.07 Å². The summed E-state index contributed by atoms with van der Waals surface area (Å²) in [7, 11) is -3.21. The number of halogens is 3. The van der Waals surface area contributed by atoms with Crippen LogP contribution < -0.4 is 14.8 Å². The van der Waals surface area contributed by atoms with Gasteiger partial charge < -0.3 is 10.1 Å². The van der Waals surface area contributed by atoms with Crippen LogP contribution in [0.1, 0.15) is 12.5 Å². The maximum atomic E-state index is 13.2. The fraction of sp³-hybridized carbons (Fsp3) is 0.167. The number of hydrogen-bond acceptors (Lipinski definition) is 6. The first-order chi connectivity index (χ1) is 14.5. The van der Waals surface area contributed by atoms with Gasteiger partial charge in [0.1, 0.15) is 23.3 Å². The number of hydrogen-bond donors (Lipinski definition) is 2. The number of aromatic nitrogens is 3. The fourth-order valence-corrected chi connectivity index (χ4v) is 3.96. The SMILES string of the molecule is COc1ccc(NC(C)=O)cc1S(=O)(=O)Nc1cc(C(F)(F)F)ccc1-n1cncn1. The highest BCUT2D eigenvalue weighted by molar-refractivity contribution is 7.92. The zero-order valence-electron chi connectivity index (χ0n) is 16.1. The molecule has 0 atom stereocenters. The minimum Gasteiger partial charge on any atom is -0.495 e. The number of nitrogens with zero attached hydrogens (tertiary/aromatic N) is 3. The van der Waals surface area contributed by atoms with Gasteiger partial charge in [-0.3, -0.25) is 9.52 Å². The smallest absolute Gasteiger partial charge is 0.416 e. The summed E-state index contributed by atoms with van der Waals surface area (Å²) in [5.74, 6) is -0.510. The number of alkyl halides is 3. The van der Waals surface area contributed by atoms with Gasteiger partial charge >= 0.3 is 6.18 Å². The van der Waals surface area contributed by atoms with Crippen LogP contribution in [0.25, 0.3) is 5.69 Å². The molecule has 13 heteroatoms. The molecule has 0 unspecified atom stereocenters. The van der Waals surface area contributed by atoms with Crippen LogP contribution in [0.3, 0.4) is 0 Å². The van der Waals surface area contributed by atoms with Crippen LogP contribution in [0.2, 0.25) is 0 Å². The van der Waals surface area contributed by atoms with Crippen LogP contribution in [0.15, 0.2) is 53.9 Å². The maximum absolute atomic E-state index is 13.2. The Balaban J connectivity index is 2.11. The lowest BCUT2D eigenvalue weighted by molar-refractivity contribution is -0.137. The number of methoxy groups -OCH3 is 1. The number of amides is 1. The monoisotopic (exact) mass is 455 g/mol. The molecule has 0 bridgehead atoms. The van der Waals surface area contributed by atoms with Gasteiger partial charge in [0.15, 0.2) is 0 Å². The van der Waals surface area contributed by atoms with Gasteiger partial charge in [0.25, 0.3) is 10.0 Å². The molecule has 31 heavy (non-hydrogen) atoms. The van der Waals surface area contributed by atoms with E-state index >= 15 is 0 Å². The normalized spacial score (nSPS) is 11.8. The molecule has 3 aromatic rings. The Hall–Kier alpha value is -3.61. The van der Waals surface area contributed by atoms with Gasteiger partial charge in [0.2, 0.25) is 5.91 Å². The molecule has 9 nitrogen and oxygen atoms in total. The molecule has 0 aliphatic carbocycles. The number of rotatable bonds is 6. The minimum atomic E-state index is -4.70. The Kier molecular flexibility index (Phi) is 5.88. The van der Waals surface area contributed by atoms with Crippen molar-refractivity contribution in [1.29, 1.82) is 0 Å². The van der Waals surface area contributed by atoms with Crippen LogP contribution in [-0.4, -0.2) is 36.2 Å². The average Bonchev–Trinajstić information content (AvgIpc) is 3.21. The lowest BCUT2D eigenvalue weighted by Crippen LogP contribution is -2.17. The molecule has 1 amide bonds. The summed E-state index contributed by atoms with van der Waals surface area (Å²) in [5, 5.41) is 6.28. The van der Waals surface area contributed by atoms with E-state index in [0.717, 1.165) is 29.2 Å². The highest BCUT2D eigenvalue weighted by Gasteiger charge is 2.32. The number of carbonyl (C=O) groups excluding carboxylic acids is 1. The largest absolute Gasteiger partial charge is 0.495 e. The van der Waals surface area contributed by atoms with Crippen LogP contribution in [0.5, 0.6) is 5.75 Å². The summed E-state index contributed by atoms with van der Waals surface area (Å²) in [6.07, 6.45) is -2.35. The van der Waals surface area contributed by atoms with E-state index in [1.807, 2.05) is 0 Å². The van der Waals surface area contributed by atoms with Crippen LogP contribution >= 0.6 is 0 Å². The van der Waals surface area contributed by atoms with Crippen LogP contribution in [0, 0.1) is 0 Å². The third kappa shape index (κ3) is 4.94. The summed E-state index contributed by atoms with van der Waals surface area (Å²) in [5.41, 5.74) is -1.26. The molecule has 2 N–H and O–H groups in total. The van der Waals surface area contributed by atoms with Gasteiger partial charge in [-0.15, -0.1) is 0 Å². The molecule has 0 radical (unpaired) electrons. The van der Waals surface area contributed by atoms with Crippen molar-refractivity contribution >= 4 is 27.3 Å². The Bertz CT molecular complexity index is 1210. The van der Waals surface area contributed by atoms with Crippen molar-refractivity contribution in [2.45, 2.75) is 18.0 Å². The molecule has 1 aromatic heterocycles. The minimum absolute atomic E-state index is 0.0195. The molecule has 1 heterocycles. The Morgan fingerprint density at radius 1 is 1.16 bits per heavy atom. The van der Waals surface area contributed by atoms with E-state index in [4.69, 9.17) is 4.74 Å². The molecule has 0 spiro atoms. The van der Waals surface area contributed by atoms with Gasteiger partial charge in [-0.25, -0.2) is 18.1 Å². The predicted octanol–water partition coefficient (Wildman–Crippen LogP) is 3.05. The third-order valence-corrected chi connectivity index (χ3v) is 5.39. The molecule has 0 aliphatic rings. The van der Waals surface area contributed by atoms with E-state index in [1.54, 1.807) is 0 Å². The van der Waals surface area contributed by atoms with Gasteiger partial charge in [0, 0.05) is 12.6 Å². The summed E-state index contributed by atoms with van der Waals surface area (Å²) in [6.45, 7) is 1.24. The summed E-state index contributed by atoms with van der Waals surface area (Å²) >= 11 is 0. The third-order valence-electron chi connectivity index (χ3n) is 4.01. The van der Waals surface area contributed by atoms with Crippen molar-refractivity contribution in [3.05, 3.63) is 54.6 Å². The number of anilines is 2. The van der Waals surface area contributed by atoms with E-state index in [9.17, 15) is 26.4 Å². The molecule has 0 saturated heterocycles.